The van der Waals surface area contributed by atoms with Crippen LogP contribution in [0, 0.1) is 0 Å². The summed E-state index contributed by atoms with van der Waals surface area (Å²) in [5.41, 5.74) is 3.75. The number of benzene rings is 1. The van der Waals surface area contributed by atoms with E-state index in [-0.39, 0.29) is 6.04 Å². The minimum absolute atomic E-state index is 0.0988. The number of nitrogens with one attached hydrogen (secondary N) is 1. The predicted octanol–water partition coefficient (Wildman–Crippen LogP) is 5.63. The smallest absolute Gasteiger partial charge is 0.0995 e. The lowest BCUT2D eigenvalue weighted by Gasteiger charge is -2.26. The standard InChI is InChI=1S/C16H17Cl2NS/c1-19-15(13-9-14(17)20-16(13)18)12-7-5-11(6-8-12)10-3-2-4-10/h5-10,15,19H,2-4H2,1H3. The zero-order valence-corrected chi connectivity index (χ0v) is 13.7. The van der Waals surface area contributed by atoms with Crippen molar-refractivity contribution < 1.29 is 0 Å². The molecule has 1 fully saturated rings. The Labute approximate surface area is 133 Å². The summed E-state index contributed by atoms with van der Waals surface area (Å²) in [6, 6.07) is 11.0. The third kappa shape index (κ3) is 2.75. The van der Waals surface area contributed by atoms with Gasteiger partial charge in [0.2, 0.25) is 0 Å². The van der Waals surface area contributed by atoms with Crippen LogP contribution < -0.4 is 5.32 Å². The van der Waals surface area contributed by atoms with Crippen molar-refractivity contribution in [2.24, 2.45) is 0 Å². The van der Waals surface area contributed by atoms with Gasteiger partial charge in [0.1, 0.15) is 0 Å². The largest absolute Gasteiger partial charge is 0.309 e. The van der Waals surface area contributed by atoms with Gasteiger partial charge in [-0.2, -0.15) is 0 Å². The first-order chi connectivity index (χ1) is 9.69. The maximum atomic E-state index is 6.28. The van der Waals surface area contributed by atoms with E-state index < -0.39 is 0 Å². The summed E-state index contributed by atoms with van der Waals surface area (Å²) in [7, 11) is 1.95. The Hall–Kier alpha value is -0.540. The van der Waals surface area contributed by atoms with Crippen LogP contribution in [0.4, 0.5) is 0 Å². The lowest BCUT2D eigenvalue weighted by Crippen LogP contribution is -2.17. The Morgan fingerprint density at radius 3 is 2.35 bits per heavy atom. The quantitative estimate of drug-likeness (QED) is 0.767. The van der Waals surface area contributed by atoms with Crippen LogP contribution in [-0.2, 0) is 0 Å². The lowest BCUT2D eigenvalue weighted by atomic mass is 9.79. The zero-order valence-electron chi connectivity index (χ0n) is 11.3. The van der Waals surface area contributed by atoms with Crippen molar-refractivity contribution in [2.75, 3.05) is 7.05 Å². The Morgan fingerprint density at radius 1 is 1.20 bits per heavy atom. The van der Waals surface area contributed by atoms with E-state index in [1.807, 2.05) is 13.1 Å². The molecule has 1 aromatic heterocycles. The lowest BCUT2D eigenvalue weighted by molar-refractivity contribution is 0.419. The van der Waals surface area contributed by atoms with Crippen molar-refractivity contribution in [3.05, 3.63) is 55.7 Å². The molecule has 1 aliphatic carbocycles. The maximum absolute atomic E-state index is 6.28. The van der Waals surface area contributed by atoms with Gasteiger partial charge in [0, 0.05) is 5.56 Å². The highest BCUT2D eigenvalue weighted by Crippen LogP contribution is 2.39. The van der Waals surface area contributed by atoms with Crippen molar-refractivity contribution in [3.8, 4) is 0 Å². The monoisotopic (exact) mass is 325 g/mol. The van der Waals surface area contributed by atoms with E-state index in [4.69, 9.17) is 23.2 Å². The van der Waals surface area contributed by atoms with Gasteiger partial charge in [-0.05, 0) is 43.0 Å². The van der Waals surface area contributed by atoms with Crippen LogP contribution in [0.25, 0.3) is 0 Å². The predicted molar refractivity (Wildman–Crippen MR) is 88.3 cm³/mol. The third-order valence-electron chi connectivity index (χ3n) is 4.13. The molecule has 1 aromatic carbocycles. The minimum Gasteiger partial charge on any atom is -0.309 e. The second kappa shape index (κ2) is 6.07. The molecule has 106 valence electrons. The average molecular weight is 326 g/mol. The minimum atomic E-state index is 0.0988. The zero-order chi connectivity index (χ0) is 14.1. The summed E-state index contributed by atoms with van der Waals surface area (Å²) in [5.74, 6) is 0.774. The highest BCUT2D eigenvalue weighted by atomic mass is 35.5. The van der Waals surface area contributed by atoms with Gasteiger partial charge in [0.25, 0.3) is 0 Å². The third-order valence-corrected chi connectivity index (χ3v) is 5.65. The summed E-state index contributed by atoms with van der Waals surface area (Å²) in [6.45, 7) is 0. The van der Waals surface area contributed by atoms with Gasteiger partial charge in [-0.1, -0.05) is 53.9 Å². The van der Waals surface area contributed by atoms with Crippen molar-refractivity contribution in [3.63, 3.8) is 0 Å². The van der Waals surface area contributed by atoms with Gasteiger partial charge >= 0.3 is 0 Å². The summed E-state index contributed by atoms with van der Waals surface area (Å²) >= 11 is 13.7. The molecular weight excluding hydrogens is 309 g/mol. The number of rotatable bonds is 4. The van der Waals surface area contributed by atoms with Crippen LogP contribution >= 0.6 is 34.5 Å². The Balaban J connectivity index is 1.87. The SMILES string of the molecule is CNC(c1ccc(C2CCC2)cc1)c1cc(Cl)sc1Cl. The molecule has 1 unspecified atom stereocenters. The van der Waals surface area contributed by atoms with Gasteiger partial charge in [-0.15, -0.1) is 11.3 Å². The van der Waals surface area contributed by atoms with Crippen LogP contribution in [0.1, 0.15) is 47.9 Å². The molecule has 1 atom stereocenters. The molecule has 0 saturated heterocycles. The fraction of sp³-hybridized carbons (Fsp3) is 0.375. The van der Waals surface area contributed by atoms with Crippen LogP contribution in [-0.4, -0.2) is 7.05 Å². The molecular formula is C16H17Cl2NS. The molecule has 20 heavy (non-hydrogen) atoms. The highest BCUT2D eigenvalue weighted by Gasteiger charge is 2.21. The number of hydrogen-bond acceptors (Lipinski definition) is 2. The first kappa shape index (κ1) is 14.4. The Kier molecular flexibility index (Phi) is 4.37. The summed E-state index contributed by atoms with van der Waals surface area (Å²) in [4.78, 5) is 0. The van der Waals surface area contributed by atoms with Gasteiger partial charge in [-0.25, -0.2) is 0 Å². The highest BCUT2D eigenvalue weighted by molar-refractivity contribution is 7.20. The molecule has 0 aliphatic heterocycles. The summed E-state index contributed by atoms with van der Waals surface area (Å²) in [6.07, 6.45) is 4.04. The molecule has 1 saturated carbocycles. The topological polar surface area (TPSA) is 12.0 Å². The molecule has 1 aliphatic rings. The second-order valence-electron chi connectivity index (χ2n) is 5.30. The van der Waals surface area contributed by atoms with Crippen LogP contribution in [0.5, 0.6) is 0 Å². The molecule has 0 radical (unpaired) electrons. The van der Waals surface area contributed by atoms with E-state index in [2.05, 4.69) is 29.6 Å². The van der Waals surface area contributed by atoms with E-state index in [9.17, 15) is 0 Å². The molecule has 0 spiro atoms. The molecule has 4 heteroatoms. The van der Waals surface area contributed by atoms with Gasteiger partial charge in [0.15, 0.2) is 0 Å². The molecule has 0 amide bonds. The first-order valence-electron chi connectivity index (χ1n) is 6.91. The molecule has 1 nitrogen and oxygen atoms in total. The van der Waals surface area contributed by atoms with Crippen molar-refractivity contribution in [1.82, 2.24) is 5.32 Å². The normalized spacial score (nSPS) is 16.9. The van der Waals surface area contributed by atoms with Gasteiger partial charge < -0.3 is 5.32 Å². The van der Waals surface area contributed by atoms with Crippen LogP contribution in [0.15, 0.2) is 30.3 Å². The Bertz CT molecular complexity index is 587. The fourth-order valence-corrected chi connectivity index (χ4v) is 4.29. The van der Waals surface area contributed by atoms with Crippen LogP contribution in [0.2, 0.25) is 8.67 Å². The van der Waals surface area contributed by atoms with Crippen molar-refractivity contribution in [1.29, 1.82) is 0 Å². The van der Waals surface area contributed by atoms with Crippen LogP contribution in [0.3, 0.4) is 0 Å². The van der Waals surface area contributed by atoms with E-state index in [1.54, 1.807) is 0 Å². The molecule has 2 aromatic rings. The number of halogens is 2. The van der Waals surface area contributed by atoms with Crippen molar-refractivity contribution >= 4 is 34.5 Å². The van der Waals surface area contributed by atoms with E-state index in [1.165, 1.54) is 41.7 Å². The maximum Gasteiger partial charge on any atom is 0.0995 e. The molecule has 1 N–H and O–H groups in total. The van der Waals surface area contributed by atoms with Crippen molar-refractivity contribution in [2.45, 2.75) is 31.2 Å². The number of hydrogen-bond donors (Lipinski definition) is 1. The average Bonchev–Trinajstić information content (AvgIpc) is 2.70. The molecule has 1 heterocycles. The second-order valence-corrected chi connectivity index (χ2v) is 7.58. The summed E-state index contributed by atoms with van der Waals surface area (Å²) in [5, 5.41) is 3.33. The van der Waals surface area contributed by atoms with Gasteiger partial charge in [-0.3, -0.25) is 0 Å². The first-order valence-corrected chi connectivity index (χ1v) is 8.48. The number of thiophene rings is 1. The van der Waals surface area contributed by atoms with E-state index in [0.717, 1.165) is 20.2 Å². The van der Waals surface area contributed by atoms with E-state index in [0.29, 0.717) is 0 Å². The van der Waals surface area contributed by atoms with E-state index >= 15 is 0 Å². The Morgan fingerprint density at radius 2 is 1.90 bits per heavy atom. The summed E-state index contributed by atoms with van der Waals surface area (Å²) < 4.78 is 1.49. The molecule has 0 bridgehead atoms. The van der Waals surface area contributed by atoms with Gasteiger partial charge in [0.05, 0.1) is 14.7 Å². The fourth-order valence-electron chi connectivity index (χ4n) is 2.75. The molecule has 3 rings (SSSR count).